The van der Waals surface area contributed by atoms with Gasteiger partial charge in [-0.15, -0.1) is 10.2 Å². The Morgan fingerprint density at radius 1 is 1.42 bits per heavy atom. The van der Waals surface area contributed by atoms with Crippen molar-refractivity contribution in [3.05, 3.63) is 11.8 Å². The lowest BCUT2D eigenvalue weighted by molar-refractivity contribution is -0.147. The van der Waals surface area contributed by atoms with Gasteiger partial charge in [-0.2, -0.15) is 0 Å². The quantitative estimate of drug-likeness (QED) is 0.777. The van der Waals surface area contributed by atoms with Crippen molar-refractivity contribution in [3.8, 4) is 0 Å². The van der Waals surface area contributed by atoms with Crippen molar-refractivity contribution < 1.29 is 13.9 Å². The Hall–Kier alpha value is -1.43. The monoisotopic (exact) mass is 267 g/mol. The molecule has 1 fully saturated rings. The van der Waals surface area contributed by atoms with Crippen LogP contribution in [0.25, 0.3) is 0 Å². The summed E-state index contributed by atoms with van der Waals surface area (Å²) >= 11 is 0. The zero-order valence-corrected chi connectivity index (χ0v) is 11.9. The number of ether oxygens (including phenoxy) is 1. The van der Waals surface area contributed by atoms with Crippen LogP contribution >= 0.6 is 0 Å². The van der Waals surface area contributed by atoms with Gasteiger partial charge in [0.25, 0.3) is 0 Å². The third kappa shape index (κ3) is 2.94. The minimum atomic E-state index is -0.140. The number of piperidine rings is 1. The highest BCUT2D eigenvalue weighted by atomic mass is 16.5. The number of hydrogen-bond acceptors (Lipinski definition) is 6. The third-order valence-electron chi connectivity index (χ3n) is 3.60. The number of nitrogens with zero attached hydrogens (tertiary/aromatic N) is 3. The maximum Gasteiger partial charge on any atom is 0.309 e. The van der Waals surface area contributed by atoms with Crippen LogP contribution in [-0.2, 0) is 9.53 Å². The number of carbonyl (C=O) groups is 1. The molecular formula is C13H21N3O3. The summed E-state index contributed by atoms with van der Waals surface area (Å²) < 4.78 is 10.5. The van der Waals surface area contributed by atoms with Gasteiger partial charge in [0.05, 0.1) is 19.1 Å². The summed E-state index contributed by atoms with van der Waals surface area (Å²) in [6.07, 6.45) is 1.62. The molecule has 1 saturated heterocycles. The van der Waals surface area contributed by atoms with Gasteiger partial charge >= 0.3 is 5.97 Å². The van der Waals surface area contributed by atoms with Crippen LogP contribution in [0.1, 0.15) is 50.4 Å². The molecule has 0 amide bonds. The van der Waals surface area contributed by atoms with Gasteiger partial charge < -0.3 is 9.15 Å². The van der Waals surface area contributed by atoms with Crippen molar-refractivity contribution in [2.45, 2.75) is 38.6 Å². The summed E-state index contributed by atoms with van der Waals surface area (Å²) in [5, 5.41) is 8.19. The van der Waals surface area contributed by atoms with Crippen molar-refractivity contribution >= 4 is 5.97 Å². The van der Waals surface area contributed by atoms with Crippen LogP contribution in [0.2, 0.25) is 0 Å². The smallest absolute Gasteiger partial charge is 0.309 e. The lowest BCUT2D eigenvalue weighted by Crippen LogP contribution is -2.39. The van der Waals surface area contributed by atoms with E-state index >= 15 is 0 Å². The summed E-state index contributed by atoms with van der Waals surface area (Å²) in [4.78, 5) is 13.6. The number of hydrogen-bond donors (Lipinski definition) is 0. The van der Waals surface area contributed by atoms with E-state index in [1.54, 1.807) is 0 Å². The summed E-state index contributed by atoms with van der Waals surface area (Å²) in [5.74, 6) is 1.35. The Labute approximate surface area is 113 Å². The molecule has 0 aromatic carbocycles. The summed E-state index contributed by atoms with van der Waals surface area (Å²) in [5.41, 5.74) is 0. The van der Waals surface area contributed by atoms with Crippen LogP contribution in [0.15, 0.2) is 4.42 Å². The maximum absolute atomic E-state index is 11.5. The van der Waals surface area contributed by atoms with E-state index in [1.807, 2.05) is 20.9 Å². The Morgan fingerprint density at radius 3 is 2.68 bits per heavy atom. The predicted octanol–water partition coefficient (Wildman–Crippen LogP) is 1.75. The van der Waals surface area contributed by atoms with Gasteiger partial charge in [0.1, 0.15) is 0 Å². The van der Waals surface area contributed by atoms with E-state index in [4.69, 9.17) is 9.15 Å². The summed E-state index contributed by atoms with van der Waals surface area (Å²) in [6, 6.07) is 0.0981. The van der Waals surface area contributed by atoms with Crippen LogP contribution in [0, 0.1) is 5.92 Å². The highest BCUT2D eigenvalue weighted by Crippen LogP contribution is 2.32. The Kier molecular flexibility index (Phi) is 4.19. The molecule has 1 aromatic heterocycles. The van der Waals surface area contributed by atoms with Crippen molar-refractivity contribution in [2.75, 3.05) is 20.7 Å². The second-order valence-corrected chi connectivity index (χ2v) is 5.39. The standard InChI is InChI=1S/C13H21N3O3/c1-8(2)11-14-15-12(19-11)10-6-5-9(7-16(10)3)13(17)18-4/h8-10H,5-7H2,1-4H3/t9-,10?/m0/s1. The highest BCUT2D eigenvalue weighted by molar-refractivity contribution is 5.72. The first-order valence-electron chi connectivity index (χ1n) is 6.64. The first-order valence-corrected chi connectivity index (χ1v) is 6.64. The van der Waals surface area contributed by atoms with E-state index < -0.39 is 0 Å². The topological polar surface area (TPSA) is 68.5 Å². The molecule has 6 heteroatoms. The average Bonchev–Trinajstić information content (AvgIpc) is 2.87. The van der Waals surface area contributed by atoms with Crippen LogP contribution in [-0.4, -0.2) is 41.8 Å². The third-order valence-corrected chi connectivity index (χ3v) is 3.60. The Balaban J connectivity index is 2.04. The molecule has 0 radical (unpaired) electrons. The van der Waals surface area contributed by atoms with Crippen molar-refractivity contribution in [3.63, 3.8) is 0 Å². The van der Waals surface area contributed by atoms with Crippen LogP contribution in [0.3, 0.4) is 0 Å². The van der Waals surface area contributed by atoms with Gasteiger partial charge in [-0.25, -0.2) is 0 Å². The van der Waals surface area contributed by atoms with Crippen molar-refractivity contribution in [2.24, 2.45) is 5.92 Å². The minimum absolute atomic E-state index is 0.0567. The second-order valence-electron chi connectivity index (χ2n) is 5.39. The Bertz CT molecular complexity index is 444. The molecule has 0 aliphatic carbocycles. The molecule has 0 spiro atoms. The summed E-state index contributed by atoms with van der Waals surface area (Å²) in [6.45, 7) is 4.71. The molecule has 1 aliphatic heterocycles. The molecule has 0 bridgehead atoms. The molecular weight excluding hydrogens is 246 g/mol. The molecule has 0 N–H and O–H groups in total. The predicted molar refractivity (Wildman–Crippen MR) is 68.5 cm³/mol. The molecule has 2 atom stereocenters. The zero-order chi connectivity index (χ0) is 14.0. The fraction of sp³-hybridized carbons (Fsp3) is 0.769. The fourth-order valence-corrected chi connectivity index (χ4v) is 2.43. The van der Waals surface area contributed by atoms with E-state index in [1.165, 1.54) is 7.11 Å². The number of rotatable bonds is 3. The normalized spacial score (nSPS) is 24.7. The second kappa shape index (κ2) is 5.69. The van der Waals surface area contributed by atoms with Gasteiger partial charge in [-0.3, -0.25) is 9.69 Å². The molecule has 106 valence electrons. The van der Waals surface area contributed by atoms with Crippen LogP contribution in [0.4, 0.5) is 0 Å². The van der Waals surface area contributed by atoms with Gasteiger partial charge in [0.15, 0.2) is 0 Å². The lowest BCUT2D eigenvalue weighted by Gasteiger charge is -2.33. The molecule has 1 aromatic rings. The van der Waals surface area contributed by atoms with Gasteiger partial charge in [0, 0.05) is 12.5 Å². The molecule has 2 rings (SSSR count). The largest absolute Gasteiger partial charge is 0.469 e. The van der Waals surface area contributed by atoms with Gasteiger partial charge in [0.2, 0.25) is 11.8 Å². The van der Waals surface area contributed by atoms with E-state index in [0.29, 0.717) is 18.3 Å². The molecule has 2 heterocycles. The zero-order valence-electron chi connectivity index (χ0n) is 11.9. The van der Waals surface area contributed by atoms with Crippen LogP contribution < -0.4 is 0 Å². The highest BCUT2D eigenvalue weighted by Gasteiger charge is 2.34. The van der Waals surface area contributed by atoms with Gasteiger partial charge in [-0.05, 0) is 19.9 Å². The fourth-order valence-electron chi connectivity index (χ4n) is 2.43. The van der Waals surface area contributed by atoms with E-state index in [-0.39, 0.29) is 23.8 Å². The maximum atomic E-state index is 11.5. The number of aromatic nitrogens is 2. The molecule has 1 aliphatic rings. The SMILES string of the molecule is COC(=O)[C@H]1CCC(c2nnc(C(C)C)o2)N(C)C1. The number of methoxy groups -OCH3 is 1. The first kappa shape index (κ1) is 14.0. The van der Waals surface area contributed by atoms with Crippen LogP contribution in [0.5, 0.6) is 0 Å². The molecule has 19 heavy (non-hydrogen) atoms. The van der Waals surface area contributed by atoms with Crippen molar-refractivity contribution in [1.29, 1.82) is 0 Å². The van der Waals surface area contributed by atoms with E-state index in [0.717, 1.165) is 12.8 Å². The van der Waals surface area contributed by atoms with E-state index in [9.17, 15) is 4.79 Å². The first-order chi connectivity index (χ1) is 9.02. The molecule has 0 saturated carbocycles. The Morgan fingerprint density at radius 2 is 2.16 bits per heavy atom. The molecule has 1 unspecified atom stereocenters. The summed E-state index contributed by atoms with van der Waals surface area (Å²) in [7, 11) is 3.40. The van der Waals surface area contributed by atoms with Crippen molar-refractivity contribution in [1.82, 2.24) is 15.1 Å². The lowest BCUT2D eigenvalue weighted by atomic mass is 9.93. The number of carbonyl (C=O) groups excluding carboxylic acids is 1. The average molecular weight is 267 g/mol. The van der Waals surface area contributed by atoms with Gasteiger partial charge in [-0.1, -0.05) is 13.8 Å². The number of esters is 1. The van der Waals surface area contributed by atoms with E-state index in [2.05, 4.69) is 15.1 Å². The minimum Gasteiger partial charge on any atom is -0.469 e. The molecule has 6 nitrogen and oxygen atoms in total. The number of likely N-dealkylation sites (tertiary alicyclic amines) is 1.